The van der Waals surface area contributed by atoms with Crippen LogP contribution in [-0.2, 0) is 4.79 Å². The molecule has 6 heteroatoms. The summed E-state index contributed by atoms with van der Waals surface area (Å²) < 4.78 is 7.22. The van der Waals surface area contributed by atoms with Gasteiger partial charge in [-0.15, -0.1) is 0 Å². The first-order chi connectivity index (χ1) is 12.2. The van der Waals surface area contributed by atoms with E-state index in [0.717, 1.165) is 24.4 Å². The molecule has 0 bridgehead atoms. The second kappa shape index (κ2) is 8.16. The summed E-state index contributed by atoms with van der Waals surface area (Å²) >= 11 is 0. The van der Waals surface area contributed by atoms with Crippen LogP contribution in [0.1, 0.15) is 37.4 Å². The van der Waals surface area contributed by atoms with Gasteiger partial charge in [0.1, 0.15) is 11.8 Å². The average Bonchev–Trinajstić information content (AvgIpc) is 3.35. The van der Waals surface area contributed by atoms with Crippen molar-refractivity contribution in [2.24, 2.45) is 0 Å². The Hall–Kier alpha value is -2.34. The lowest BCUT2D eigenvalue weighted by atomic mass is 10.0. The molecule has 2 unspecified atom stereocenters. The van der Waals surface area contributed by atoms with Crippen molar-refractivity contribution in [1.82, 2.24) is 20.0 Å². The second-order valence-corrected chi connectivity index (χ2v) is 6.41. The van der Waals surface area contributed by atoms with E-state index >= 15 is 0 Å². The third kappa shape index (κ3) is 4.02. The van der Waals surface area contributed by atoms with Crippen molar-refractivity contribution < 1.29 is 9.53 Å². The zero-order valence-corrected chi connectivity index (χ0v) is 14.9. The molecule has 134 valence electrons. The molecule has 1 aliphatic rings. The molecule has 2 atom stereocenters. The minimum absolute atomic E-state index is 0.0252. The highest BCUT2D eigenvalue weighted by Crippen LogP contribution is 2.31. The summed E-state index contributed by atoms with van der Waals surface area (Å²) in [5.74, 6) is 0.844. The smallest absolute Gasteiger partial charge is 0.244 e. The fourth-order valence-corrected chi connectivity index (χ4v) is 3.41. The standard InChI is InChI=1S/C19H26N4O2/c1-15(23-13-7-10-21-23)19(24)20-14-17(22-11-5-6-12-22)16-8-3-4-9-18(16)25-2/h3-4,7-10,13,15,17H,5-6,11-12,14H2,1-2H3,(H,20,24). The molecule has 1 saturated heterocycles. The summed E-state index contributed by atoms with van der Waals surface area (Å²) in [7, 11) is 1.69. The van der Waals surface area contributed by atoms with Crippen molar-refractivity contribution in [2.45, 2.75) is 31.8 Å². The minimum Gasteiger partial charge on any atom is -0.496 e. The number of likely N-dealkylation sites (tertiary alicyclic amines) is 1. The molecule has 25 heavy (non-hydrogen) atoms. The van der Waals surface area contributed by atoms with Crippen LogP contribution in [0.5, 0.6) is 5.75 Å². The zero-order valence-electron chi connectivity index (χ0n) is 14.9. The van der Waals surface area contributed by atoms with Crippen LogP contribution in [0.4, 0.5) is 0 Å². The summed E-state index contributed by atoms with van der Waals surface area (Å²) in [6, 6.07) is 9.68. The molecule has 0 spiro atoms. The van der Waals surface area contributed by atoms with Gasteiger partial charge in [0.05, 0.1) is 13.2 Å². The fraction of sp³-hybridized carbons (Fsp3) is 0.474. The van der Waals surface area contributed by atoms with Gasteiger partial charge >= 0.3 is 0 Å². The van der Waals surface area contributed by atoms with Crippen LogP contribution in [0.25, 0.3) is 0 Å². The van der Waals surface area contributed by atoms with Gasteiger partial charge in [-0.25, -0.2) is 0 Å². The number of nitrogens with zero attached hydrogens (tertiary/aromatic N) is 3. The van der Waals surface area contributed by atoms with E-state index in [2.05, 4.69) is 21.4 Å². The monoisotopic (exact) mass is 342 g/mol. The lowest BCUT2D eigenvalue weighted by Crippen LogP contribution is -2.39. The van der Waals surface area contributed by atoms with Gasteiger partial charge < -0.3 is 10.1 Å². The van der Waals surface area contributed by atoms with E-state index < -0.39 is 0 Å². The first-order valence-corrected chi connectivity index (χ1v) is 8.84. The maximum atomic E-state index is 12.5. The number of methoxy groups -OCH3 is 1. The molecular weight excluding hydrogens is 316 g/mol. The Morgan fingerprint density at radius 1 is 1.28 bits per heavy atom. The number of hydrogen-bond donors (Lipinski definition) is 1. The molecule has 1 aliphatic heterocycles. The van der Waals surface area contributed by atoms with Gasteiger partial charge in [-0.2, -0.15) is 5.10 Å². The Balaban J connectivity index is 1.73. The number of rotatable bonds is 7. The largest absolute Gasteiger partial charge is 0.496 e. The fourth-order valence-electron chi connectivity index (χ4n) is 3.41. The predicted octanol–water partition coefficient (Wildman–Crippen LogP) is 2.41. The zero-order chi connectivity index (χ0) is 17.6. The maximum absolute atomic E-state index is 12.5. The van der Waals surface area contributed by atoms with Crippen molar-refractivity contribution >= 4 is 5.91 Å². The number of para-hydroxylation sites is 1. The minimum atomic E-state index is -0.327. The van der Waals surface area contributed by atoms with E-state index in [0.29, 0.717) is 6.54 Å². The molecular formula is C19H26N4O2. The first kappa shape index (κ1) is 17.5. The van der Waals surface area contributed by atoms with Crippen molar-refractivity contribution in [2.75, 3.05) is 26.7 Å². The van der Waals surface area contributed by atoms with E-state index in [9.17, 15) is 4.79 Å². The van der Waals surface area contributed by atoms with Crippen LogP contribution in [0.15, 0.2) is 42.7 Å². The molecule has 0 radical (unpaired) electrons. The molecule has 6 nitrogen and oxygen atoms in total. The third-order valence-corrected chi connectivity index (χ3v) is 4.85. The second-order valence-electron chi connectivity index (χ2n) is 6.41. The van der Waals surface area contributed by atoms with Crippen molar-refractivity contribution in [3.05, 3.63) is 48.3 Å². The average molecular weight is 342 g/mol. The summed E-state index contributed by atoms with van der Waals surface area (Å²) in [5, 5.41) is 7.25. The summed E-state index contributed by atoms with van der Waals surface area (Å²) in [6.07, 6.45) is 5.89. The summed E-state index contributed by atoms with van der Waals surface area (Å²) in [4.78, 5) is 15.0. The molecule has 1 fully saturated rings. The van der Waals surface area contributed by atoms with Gasteiger partial charge in [-0.05, 0) is 45.0 Å². The Morgan fingerprint density at radius 2 is 2.04 bits per heavy atom. The van der Waals surface area contributed by atoms with Crippen LogP contribution in [0, 0.1) is 0 Å². The topological polar surface area (TPSA) is 59.4 Å². The van der Waals surface area contributed by atoms with Crippen LogP contribution >= 0.6 is 0 Å². The van der Waals surface area contributed by atoms with E-state index in [-0.39, 0.29) is 18.0 Å². The highest BCUT2D eigenvalue weighted by molar-refractivity contribution is 5.79. The van der Waals surface area contributed by atoms with Crippen molar-refractivity contribution in [1.29, 1.82) is 0 Å². The van der Waals surface area contributed by atoms with Crippen LogP contribution in [0.3, 0.4) is 0 Å². The van der Waals surface area contributed by atoms with Gasteiger partial charge in [0, 0.05) is 24.5 Å². The van der Waals surface area contributed by atoms with Crippen LogP contribution in [-0.4, -0.2) is 47.3 Å². The lowest BCUT2D eigenvalue weighted by Gasteiger charge is -2.29. The number of hydrogen-bond acceptors (Lipinski definition) is 4. The number of nitrogens with one attached hydrogen (secondary N) is 1. The van der Waals surface area contributed by atoms with E-state index in [1.165, 1.54) is 12.8 Å². The highest BCUT2D eigenvalue weighted by atomic mass is 16.5. The Bertz CT molecular complexity index is 680. The number of amides is 1. The molecule has 0 aliphatic carbocycles. The molecule has 2 heterocycles. The highest BCUT2D eigenvalue weighted by Gasteiger charge is 2.27. The maximum Gasteiger partial charge on any atom is 0.244 e. The normalized spacial score (nSPS) is 17.2. The van der Waals surface area contributed by atoms with E-state index in [1.54, 1.807) is 18.0 Å². The third-order valence-electron chi connectivity index (χ3n) is 4.85. The molecule has 2 aromatic rings. The van der Waals surface area contributed by atoms with Gasteiger partial charge in [0.15, 0.2) is 0 Å². The van der Waals surface area contributed by atoms with E-state index in [4.69, 9.17) is 4.74 Å². The van der Waals surface area contributed by atoms with Gasteiger partial charge in [-0.1, -0.05) is 18.2 Å². The number of ether oxygens (including phenoxy) is 1. The Morgan fingerprint density at radius 3 is 2.72 bits per heavy atom. The lowest BCUT2D eigenvalue weighted by molar-refractivity contribution is -0.124. The quantitative estimate of drug-likeness (QED) is 0.839. The predicted molar refractivity (Wildman–Crippen MR) is 96.5 cm³/mol. The Kier molecular flexibility index (Phi) is 5.71. The summed E-state index contributed by atoms with van der Waals surface area (Å²) in [5.41, 5.74) is 1.12. The molecule has 1 aromatic carbocycles. The molecule has 1 N–H and O–H groups in total. The van der Waals surface area contributed by atoms with Gasteiger partial charge in [0.25, 0.3) is 0 Å². The van der Waals surface area contributed by atoms with Crippen LogP contribution < -0.4 is 10.1 Å². The van der Waals surface area contributed by atoms with Gasteiger partial charge in [0.2, 0.25) is 5.91 Å². The molecule has 3 rings (SSSR count). The Labute approximate surface area is 148 Å². The molecule has 0 saturated carbocycles. The van der Waals surface area contributed by atoms with Crippen molar-refractivity contribution in [3.63, 3.8) is 0 Å². The van der Waals surface area contributed by atoms with Crippen molar-refractivity contribution in [3.8, 4) is 5.75 Å². The molecule has 1 aromatic heterocycles. The summed E-state index contributed by atoms with van der Waals surface area (Å²) in [6.45, 7) is 4.52. The number of aromatic nitrogens is 2. The van der Waals surface area contributed by atoms with Gasteiger partial charge in [-0.3, -0.25) is 14.4 Å². The SMILES string of the molecule is COc1ccccc1C(CNC(=O)C(C)n1cccn1)N1CCCC1. The van der Waals surface area contributed by atoms with E-state index in [1.807, 2.05) is 37.4 Å². The number of carbonyl (C=O) groups is 1. The number of carbonyl (C=O) groups excluding carboxylic acids is 1. The van der Waals surface area contributed by atoms with Crippen LogP contribution in [0.2, 0.25) is 0 Å². The number of benzene rings is 1. The first-order valence-electron chi connectivity index (χ1n) is 8.84. The molecule has 1 amide bonds.